The van der Waals surface area contributed by atoms with Crippen molar-refractivity contribution >= 4 is 22.8 Å². The largest absolute Gasteiger partial charge is 0.474 e. The molecule has 0 saturated heterocycles. The molecule has 1 amide bonds. The van der Waals surface area contributed by atoms with E-state index in [1.165, 1.54) is 18.2 Å². The standard InChI is InChI=1S/C16H15F2N5O2/c1-8(2)25-16-10(6-9-7-19-23-14(9)22-16)15(24)21-12-5-3-4-11(20-12)13(17)18/h3-8,13H,1-2H3,(H,19,22,23)(H,20,21,24). The van der Waals surface area contributed by atoms with Gasteiger partial charge in [0.2, 0.25) is 5.88 Å². The fourth-order valence-electron chi connectivity index (χ4n) is 2.16. The molecular formula is C16H15F2N5O2. The number of nitrogens with zero attached hydrogens (tertiary/aromatic N) is 3. The van der Waals surface area contributed by atoms with Crippen molar-refractivity contribution in [1.29, 1.82) is 0 Å². The number of aromatic amines is 1. The lowest BCUT2D eigenvalue weighted by Crippen LogP contribution is -2.17. The maximum absolute atomic E-state index is 12.7. The average Bonchev–Trinajstić information content (AvgIpc) is 3.01. The summed E-state index contributed by atoms with van der Waals surface area (Å²) >= 11 is 0. The molecule has 0 radical (unpaired) electrons. The molecule has 9 heteroatoms. The number of hydrogen-bond donors (Lipinski definition) is 2. The van der Waals surface area contributed by atoms with Gasteiger partial charge in [-0.25, -0.2) is 13.8 Å². The van der Waals surface area contributed by atoms with Crippen LogP contribution in [0.2, 0.25) is 0 Å². The predicted octanol–water partition coefficient (Wildman–Crippen LogP) is 3.33. The van der Waals surface area contributed by atoms with E-state index in [-0.39, 0.29) is 23.4 Å². The van der Waals surface area contributed by atoms with E-state index in [4.69, 9.17) is 4.74 Å². The highest BCUT2D eigenvalue weighted by Crippen LogP contribution is 2.24. The van der Waals surface area contributed by atoms with Crippen LogP contribution >= 0.6 is 0 Å². The van der Waals surface area contributed by atoms with Crippen molar-refractivity contribution in [3.8, 4) is 5.88 Å². The molecule has 0 aliphatic carbocycles. The van der Waals surface area contributed by atoms with Gasteiger partial charge in [0.25, 0.3) is 12.3 Å². The van der Waals surface area contributed by atoms with Crippen LogP contribution in [0.5, 0.6) is 5.88 Å². The van der Waals surface area contributed by atoms with Crippen LogP contribution in [0.1, 0.15) is 36.3 Å². The molecule has 2 N–H and O–H groups in total. The molecule has 0 unspecified atom stereocenters. The summed E-state index contributed by atoms with van der Waals surface area (Å²) in [5, 5.41) is 9.73. The molecule has 0 aromatic carbocycles. The zero-order valence-corrected chi connectivity index (χ0v) is 13.5. The molecule has 0 bridgehead atoms. The minimum absolute atomic E-state index is 0.0191. The number of halogens is 2. The van der Waals surface area contributed by atoms with Crippen LogP contribution in [0.3, 0.4) is 0 Å². The Morgan fingerprint density at radius 1 is 1.28 bits per heavy atom. The van der Waals surface area contributed by atoms with Gasteiger partial charge in [-0.05, 0) is 32.0 Å². The third kappa shape index (κ3) is 3.70. The predicted molar refractivity (Wildman–Crippen MR) is 86.8 cm³/mol. The Morgan fingerprint density at radius 2 is 2.08 bits per heavy atom. The molecule has 0 spiro atoms. The first-order valence-electron chi connectivity index (χ1n) is 7.51. The van der Waals surface area contributed by atoms with Gasteiger partial charge in [0, 0.05) is 11.6 Å². The lowest BCUT2D eigenvalue weighted by molar-refractivity contribution is 0.101. The second kappa shape index (κ2) is 6.80. The quantitative estimate of drug-likeness (QED) is 0.738. The summed E-state index contributed by atoms with van der Waals surface area (Å²) in [6.45, 7) is 3.59. The molecule has 3 heterocycles. The molecule has 0 fully saturated rings. The second-order valence-corrected chi connectivity index (χ2v) is 5.51. The number of ether oxygens (including phenoxy) is 1. The van der Waals surface area contributed by atoms with Crippen LogP contribution in [-0.4, -0.2) is 32.2 Å². The second-order valence-electron chi connectivity index (χ2n) is 5.51. The molecule has 3 aromatic rings. The normalized spacial score (nSPS) is 11.3. The molecule has 3 aromatic heterocycles. The minimum atomic E-state index is -2.72. The van der Waals surface area contributed by atoms with Crippen molar-refractivity contribution in [2.45, 2.75) is 26.4 Å². The maximum atomic E-state index is 12.7. The van der Waals surface area contributed by atoms with E-state index < -0.39 is 18.0 Å². The fourth-order valence-corrected chi connectivity index (χ4v) is 2.16. The first-order chi connectivity index (χ1) is 11.9. The van der Waals surface area contributed by atoms with Gasteiger partial charge in [-0.2, -0.15) is 10.1 Å². The number of nitrogens with one attached hydrogen (secondary N) is 2. The van der Waals surface area contributed by atoms with Crippen LogP contribution < -0.4 is 10.1 Å². The Kier molecular flexibility index (Phi) is 4.55. The first kappa shape index (κ1) is 16.7. The summed E-state index contributed by atoms with van der Waals surface area (Å²) in [5.74, 6) is -0.437. The molecule has 0 saturated carbocycles. The van der Waals surface area contributed by atoms with Crippen molar-refractivity contribution in [3.05, 3.63) is 41.7 Å². The molecule has 0 aliphatic rings. The maximum Gasteiger partial charge on any atom is 0.280 e. The van der Waals surface area contributed by atoms with Gasteiger partial charge in [0.1, 0.15) is 17.1 Å². The summed E-state index contributed by atoms with van der Waals surface area (Å²) in [7, 11) is 0. The molecular weight excluding hydrogens is 332 g/mol. The number of fused-ring (bicyclic) bond motifs is 1. The zero-order valence-electron chi connectivity index (χ0n) is 13.5. The van der Waals surface area contributed by atoms with E-state index in [0.29, 0.717) is 11.0 Å². The van der Waals surface area contributed by atoms with Gasteiger partial charge in [-0.1, -0.05) is 6.07 Å². The van der Waals surface area contributed by atoms with E-state index in [1.54, 1.807) is 26.1 Å². The molecule has 7 nitrogen and oxygen atoms in total. The highest BCUT2D eigenvalue weighted by atomic mass is 19.3. The zero-order chi connectivity index (χ0) is 18.0. The molecule has 3 rings (SSSR count). The smallest absolute Gasteiger partial charge is 0.280 e. The van der Waals surface area contributed by atoms with Crippen molar-refractivity contribution in [2.75, 3.05) is 5.32 Å². The number of amides is 1. The molecule has 0 aliphatic heterocycles. The summed E-state index contributed by atoms with van der Waals surface area (Å²) in [6.07, 6.45) is -1.34. The van der Waals surface area contributed by atoms with Crippen LogP contribution in [-0.2, 0) is 0 Å². The van der Waals surface area contributed by atoms with E-state index in [2.05, 4.69) is 25.5 Å². The topological polar surface area (TPSA) is 92.8 Å². The Balaban J connectivity index is 1.94. The lowest BCUT2D eigenvalue weighted by Gasteiger charge is -2.13. The summed E-state index contributed by atoms with van der Waals surface area (Å²) in [4.78, 5) is 20.5. The van der Waals surface area contributed by atoms with Gasteiger partial charge in [0.05, 0.1) is 6.10 Å². The number of rotatable bonds is 5. The van der Waals surface area contributed by atoms with E-state index >= 15 is 0 Å². The highest BCUT2D eigenvalue weighted by molar-refractivity contribution is 6.07. The number of alkyl halides is 2. The first-order valence-corrected chi connectivity index (χ1v) is 7.51. The summed E-state index contributed by atoms with van der Waals surface area (Å²) < 4.78 is 31.1. The van der Waals surface area contributed by atoms with Crippen molar-refractivity contribution < 1.29 is 18.3 Å². The Bertz CT molecular complexity index is 910. The number of carbonyl (C=O) groups is 1. The van der Waals surface area contributed by atoms with E-state index in [9.17, 15) is 13.6 Å². The van der Waals surface area contributed by atoms with Crippen LogP contribution in [0.25, 0.3) is 11.0 Å². The monoisotopic (exact) mass is 347 g/mol. The molecule has 130 valence electrons. The minimum Gasteiger partial charge on any atom is -0.474 e. The summed E-state index contributed by atoms with van der Waals surface area (Å²) in [6, 6.07) is 5.58. The van der Waals surface area contributed by atoms with Gasteiger partial charge >= 0.3 is 0 Å². The van der Waals surface area contributed by atoms with Crippen LogP contribution in [0, 0.1) is 0 Å². The number of hydrogen-bond acceptors (Lipinski definition) is 5. The average molecular weight is 347 g/mol. The fraction of sp³-hybridized carbons (Fsp3) is 0.250. The Morgan fingerprint density at radius 3 is 2.80 bits per heavy atom. The third-order valence-electron chi connectivity index (χ3n) is 3.21. The lowest BCUT2D eigenvalue weighted by atomic mass is 10.2. The van der Waals surface area contributed by atoms with Gasteiger partial charge < -0.3 is 10.1 Å². The van der Waals surface area contributed by atoms with Crippen molar-refractivity contribution in [2.24, 2.45) is 0 Å². The Labute approximate surface area is 141 Å². The van der Waals surface area contributed by atoms with Gasteiger partial charge in [-0.3, -0.25) is 9.89 Å². The van der Waals surface area contributed by atoms with Crippen molar-refractivity contribution in [3.63, 3.8) is 0 Å². The van der Waals surface area contributed by atoms with Crippen molar-refractivity contribution in [1.82, 2.24) is 20.2 Å². The number of pyridine rings is 2. The molecule has 25 heavy (non-hydrogen) atoms. The van der Waals surface area contributed by atoms with Gasteiger partial charge in [-0.15, -0.1) is 0 Å². The molecule has 0 atom stereocenters. The van der Waals surface area contributed by atoms with E-state index in [0.717, 1.165) is 0 Å². The number of aromatic nitrogens is 4. The number of anilines is 1. The van der Waals surface area contributed by atoms with Crippen LogP contribution in [0.15, 0.2) is 30.5 Å². The van der Waals surface area contributed by atoms with E-state index in [1.807, 2.05) is 0 Å². The summed E-state index contributed by atoms with van der Waals surface area (Å²) in [5.41, 5.74) is 0.150. The SMILES string of the molecule is CC(C)Oc1nc2n[nH]cc2cc1C(=O)Nc1cccc(C(F)F)n1. The Hall–Kier alpha value is -3.10. The number of H-pyrrole nitrogens is 1. The highest BCUT2D eigenvalue weighted by Gasteiger charge is 2.19. The van der Waals surface area contributed by atoms with Crippen LogP contribution in [0.4, 0.5) is 14.6 Å². The number of carbonyl (C=O) groups excluding carboxylic acids is 1. The van der Waals surface area contributed by atoms with Gasteiger partial charge in [0.15, 0.2) is 5.65 Å². The third-order valence-corrected chi connectivity index (χ3v) is 3.21.